The van der Waals surface area contributed by atoms with E-state index < -0.39 is 0 Å². The second kappa shape index (κ2) is 7.76. The van der Waals surface area contributed by atoms with Crippen molar-refractivity contribution >= 4 is 11.7 Å². The lowest BCUT2D eigenvalue weighted by molar-refractivity contribution is 0.185. The highest BCUT2D eigenvalue weighted by atomic mass is 16.5. The standard InChI is InChI=1S/C14H22N2O3/c1-10(8-17)11(2)15-14(18)16-13-6-4-5-12(7-13)9-19-3/h4-7,10-11,17H,8-9H2,1-3H3,(H2,15,16,18). The molecule has 19 heavy (non-hydrogen) atoms. The third kappa shape index (κ3) is 5.28. The van der Waals surface area contributed by atoms with Crippen molar-refractivity contribution in [2.75, 3.05) is 19.0 Å². The number of aliphatic hydroxyl groups excluding tert-OH is 1. The Labute approximate surface area is 114 Å². The van der Waals surface area contributed by atoms with E-state index in [1.165, 1.54) is 0 Å². The number of ether oxygens (including phenoxy) is 1. The highest BCUT2D eigenvalue weighted by Gasteiger charge is 2.13. The summed E-state index contributed by atoms with van der Waals surface area (Å²) in [6, 6.07) is 7.11. The molecule has 0 aliphatic carbocycles. The minimum atomic E-state index is -0.276. The van der Waals surface area contributed by atoms with Crippen LogP contribution in [0.1, 0.15) is 19.4 Å². The minimum Gasteiger partial charge on any atom is -0.396 e. The molecule has 3 N–H and O–H groups in total. The summed E-state index contributed by atoms with van der Waals surface area (Å²) in [6.45, 7) is 4.30. The van der Waals surface area contributed by atoms with Gasteiger partial charge in [0.15, 0.2) is 0 Å². The fourth-order valence-electron chi connectivity index (χ4n) is 1.58. The van der Waals surface area contributed by atoms with Crippen LogP contribution in [0.4, 0.5) is 10.5 Å². The third-order valence-corrected chi connectivity index (χ3v) is 3.00. The number of hydrogen-bond acceptors (Lipinski definition) is 3. The van der Waals surface area contributed by atoms with Crippen LogP contribution < -0.4 is 10.6 Å². The van der Waals surface area contributed by atoms with E-state index >= 15 is 0 Å². The van der Waals surface area contributed by atoms with E-state index in [4.69, 9.17) is 9.84 Å². The Morgan fingerprint density at radius 3 is 2.79 bits per heavy atom. The lowest BCUT2D eigenvalue weighted by Crippen LogP contribution is -2.40. The summed E-state index contributed by atoms with van der Waals surface area (Å²) in [5, 5.41) is 14.6. The molecule has 106 valence electrons. The molecule has 0 saturated heterocycles. The monoisotopic (exact) mass is 266 g/mol. The second-order valence-electron chi connectivity index (χ2n) is 4.68. The van der Waals surface area contributed by atoms with Crippen molar-refractivity contribution in [1.29, 1.82) is 0 Å². The molecule has 0 spiro atoms. The first-order chi connectivity index (χ1) is 9.06. The number of carbonyl (C=O) groups excluding carboxylic acids is 1. The van der Waals surface area contributed by atoms with Crippen LogP contribution >= 0.6 is 0 Å². The zero-order valence-electron chi connectivity index (χ0n) is 11.6. The van der Waals surface area contributed by atoms with E-state index in [-0.39, 0.29) is 24.6 Å². The van der Waals surface area contributed by atoms with Crippen molar-refractivity contribution in [2.45, 2.75) is 26.5 Å². The first-order valence-electron chi connectivity index (χ1n) is 6.33. The molecule has 0 aromatic heterocycles. The number of anilines is 1. The van der Waals surface area contributed by atoms with Crippen LogP contribution in [0, 0.1) is 5.92 Å². The highest BCUT2D eigenvalue weighted by molar-refractivity contribution is 5.89. The van der Waals surface area contributed by atoms with E-state index in [9.17, 15) is 4.79 Å². The van der Waals surface area contributed by atoms with Crippen LogP contribution in [0.5, 0.6) is 0 Å². The van der Waals surface area contributed by atoms with Gasteiger partial charge in [-0.25, -0.2) is 4.79 Å². The summed E-state index contributed by atoms with van der Waals surface area (Å²) in [5.74, 6) is 0.0191. The average Bonchev–Trinajstić information content (AvgIpc) is 2.38. The Bertz CT molecular complexity index is 409. The van der Waals surface area contributed by atoms with Crippen molar-refractivity contribution in [2.24, 2.45) is 5.92 Å². The Balaban J connectivity index is 2.54. The number of hydrogen-bond donors (Lipinski definition) is 3. The molecule has 0 aliphatic heterocycles. The minimum absolute atomic E-state index is 0.0191. The number of urea groups is 1. The fourth-order valence-corrected chi connectivity index (χ4v) is 1.58. The summed E-state index contributed by atoms with van der Waals surface area (Å²) in [6.07, 6.45) is 0. The highest BCUT2D eigenvalue weighted by Crippen LogP contribution is 2.11. The molecular weight excluding hydrogens is 244 g/mol. The molecule has 1 aromatic rings. The topological polar surface area (TPSA) is 70.6 Å². The second-order valence-corrected chi connectivity index (χ2v) is 4.68. The molecule has 0 fully saturated rings. The number of amides is 2. The van der Waals surface area contributed by atoms with Gasteiger partial charge in [-0.1, -0.05) is 19.1 Å². The summed E-state index contributed by atoms with van der Waals surface area (Å²) in [7, 11) is 1.63. The summed E-state index contributed by atoms with van der Waals surface area (Å²) in [5.41, 5.74) is 1.72. The van der Waals surface area contributed by atoms with Crippen LogP contribution in [0.25, 0.3) is 0 Å². The van der Waals surface area contributed by atoms with Crippen LogP contribution in [0.15, 0.2) is 24.3 Å². The summed E-state index contributed by atoms with van der Waals surface area (Å²) >= 11 is 0. The predicted molar refractivity (Wildman–Crippen MR) is 75.0 cm³/mol. The molecule has 5 heteroatoms. The first kappa shape index (κ1) is 15.5. The average molecular weight is 266 g/mol. The van der Waals surface area contributed by atoms with Gasteiger partial charge >= 0.3 is 6.03 Å². The van der Waals surface area contributed by atoms with Crippen molar-refractivity contribution in [3.05, 3.63) is 29.8 Å². The normalized spacial score (nSPS) is 13.7. The maximum Gasteiger partial charge on any atom is 0.319 e. The number of nitrogens with one attached hydrogen (secondary N) is 2. The van der Waals surface area contributed by atoms with E-state index in [1.54, 1.807) is 7.11 Å². The van der Waals surface area contributed by atoms with Gasteiger partial charge in [0.1, 0.15) is 0 Å². The number of rotatable bonds is 6. The van der Waals surface area contributed by atoms with Gasteiger partial charge in [0.05, 0.1) is 6.61 Å². The number of benzene rings is 1. The largest absolute Gasteiger partial charge is 0.396 e. The summed E-state index contributed by atoms with van der Waals surface area (Å²) < 4.78 is 5.04. The molecule has 1 aromatic carbocycles. The van der Waals surface area contributed by atoms with E-state index in [0.717, 1.165) is 11.3 Å². The van der Waals surface area contributed by atoms with E-state index in [1.807, 2.05) is 38.1 Å². The lowest BCUT2D eigenvalue weighted by Gasteiger charge is -2.19. The molecule has 0 aliphatic rings. The Morgan fingerprint density at radius 2 is 2.16 bits per heavy atom. The van der Waals surface area contributed by atoms with Crippen LogP contribution in [0.3, 0.4) is 0 Å². The molecule has 2 atom stereocenters. The molecule has 2 amide bonds. The molecular formula is C14H22N2O3. The van der Waals surface area contributed by atoms with Gasteiger partial charge < -0.3 is 20.5 Å². The molecule has 0 saturated carbocycles. The Hall–Kier alpha value is -1.59. The van der Waals surface area contributed by atoms with Gasteiger partial charge in [0.2, 0.25) is 0 Å². The number of carbonyl (C=O) groups is 1. The quantitative estimate of drug-likeness (QED) is 0.737. The van der Waals surface area contributed by atoms with Crippen molar-refractivity contribution in [1.82, 2.24) is 5.32 Å². The molecule has 2 unspecified atom stereocenters. The zero-order valence-corrected chi connectivity index (χ0v) is 11.6. The molecule has 1 rings (SSSR count). The van der Waals surface area contributed by atoms with Crippen LogP contribution in [-0.2, 0) is 11.3 Å². The van der Waals surface area contributed by atoms with Crippen LogP contribution in [-0.4, -0.2) is 30.9 Å². The first-order valence-corrected chi connectivity index (χ1v) is 6.33. The molecule has 0 radical (unpaired) electrons. The maximum absolute atomic E-state index is 11.8. The van der Waals surface area contributed by atoms with Crippen LogP contribution in [0.2, 0.25) is 0 Å². The van der Waals surface area contributed by atoms with Gasteiger partial charge in [0.25, 0.3) is 0 Å². The van der Waals surface area contributed by atoms with Gasteiger partial charge in [-0.15, -0.1) is 0 Å². The Morgan fingerprint density at radius 1 is 1.42 bits per heavy atom. The smallest absolute Gasteiger partial charge is 0.319 e. The molecule has 5 nitrogen and oxygen atoms in total. The van der Waals surface area contributed by atoms with Gasteiger partial charge in [-0.05, 0) is 30.5 Å². The van der Waals surface area contributed by atoms with Crippen molar-refractivity contribution in [3.63, 3.8) is 0 Å². The van der Waals surface area contributed by atoms with E-state index in [0.29, 0.717) is 6.61 Å². The summed E-state index contributed by atoms with van der Waals surface area (Å²) in [4.78, 5) is 11.8. The van der Waals surface area contributed by atoms with Crippen molar-refractivity contribution in [3.8, 4) is 0 Å². The number of aliphatic hydroxyl groups is 1. The van der Waals surface area contributed by atoms with Gasteiger partial charge in [0, 0.05) is 25.4 Å². The fraction of sp³-hybridized carbons (Fsp3) is 0.500. The number of methoxy groups -OCH3 is 1. The van der Waals surface area contributed by atoms with E-state index in [2.05, 4.69) is 10.6 Å². The SMILES string of the molecule is COCc1cccc(NC(=O)NC(C)C(C)CO)c1. The maximum atomic E-state index is 11.8. The van der Waals surface area contributed by atoms with Gasteiger partial charge in [-0.2, -0.15) is 0 Å². The molecule has 0 bridgehead atoms. The third-order valence-electron chi connectivity index (χ3n) is 3.00. The van der Waals surface area contributed by atoms with Crippen molar-refractivity contribution < 1.29 is 14.6 Å². The lowest BCUT2D eigenvalue weighted by atomic mass is 10.1. The zero-order chi connectivity index (χ0) is 14.3. The van der Waals surface area contributed by atoms with Gasteiger partial charge in [-0.3, -0.25) is 0 Å². The predicted octanol–water partition coefficient (Wildman–Crippen LogP) is 1.97. The molecule has 0 heterocycles. The Kier molecular flexibility index (Phi) is 6.32.